The first-order valence-corrected chi connectivity index (χ1v) is 12.7. The van der Waals surface area contributed by atoms with Gasteiger partial charge in [-0.3, -0.25) is 19.9 Å². The molecule has 1 unspecified atom stereocenters. The Morgan fingerprint density at radius 2 is 1.97 bits per heavy atom. The van der Waals surface area contributed by atoms with Crippen LogP contribution in [0.4, 0.5) is 15.5 Å². The van der Waals surface area contributed by atoms with Gasteiger partial charge in [0.25, 0.3) is 11.8 Å². The number of anilines is 2. The molecular weight excluding hydrogens is 488 g/mol. The Bertz CT molecular complexity index is 1190. The van der Waals surface area contributed by atoms with Gasteiger partial charge in [0.2, 0.25) is 0 Å². The average molecular weight is 519 g/mol. The smallest absolute Gasteiger partial charge is 0.324 e. The molecule has 4 rings (SSSR count). The van der Waals surface area contributed by atoms with Gasteiger partial charge in [0, 0.05) is 49.0 Å². The number of pyridine rings is 1. The number of thiophene rings is 1. The summed E-state index contributed by atoms with van der Waals surface area (Å²) >= 11 is 7.47. The average Bonchev–Trinajstić information content (AvgIpc) is 3.25. The van der Waals surface area contributed by atoms with E-state index in [-0.39, 0.29) is 17.2 Å². The summed E-state index contributed by atoms with van der Waals surface area (Å²) in [6, 6.07) is 1.07. The fourth-order valence-corrected chi connectivity index (χ4v) is 6.15. The summed E-state index contributed by atoms with van der Waals surface area (Å²) < 4.78 is 0. The summed E-state index contributed by atoms with van der Waals surface area (Å²) in [5.74, 6) is -0.312. The van der Waals surface area contributed by atoms with Crippen LogP contribution < -0.4 is 10.6 Å². The summed E-state index contributed by atoms with van der Waals surface area (Å²) in [6.45, 7) is 10.2. The molecule has 1 fully saturated rings. The van der Waals surface area contributed by atoms with Crippen LogP contribution in [-0.4, -0.2) is 77.8 Å². The van der Waals surface area contributed by atoms with Crippen molar-refractivity contribution in [1.82, 2.24) is 19.7 Å². The van der Waals surface area contributed by atoms with E-state index in [1.807, 2.05) is 51.6 Å². The van der Waals surface area contributed by atoms with Crippen LogP contribution in [-0.2, 0) is 15.7 Å². The lowest BCUT2D eigenvalue weighted by Crippen LogP contribution is -2.62. The summed E-state index contributed by atoms with van der Waals surface area (Å²) in [7, 11) is 3.94. The summed E-state index contributed by atoms with van der Waals surface area (Å²) in [4.78, 5) is 50.7. The van der Waals surface area contributed by atoms with E-state index < -0.39 is 11.6 Å². The first kappa shape index (κ1) is 25.4. The van der Waals surface area contributed by atoms with E-state index in [9.17, 15) is 14.4 Å². The number of hydrogen-bond donors (Lipinski definition) is 2. The van der Waals surface area contributed by atoms with Gasteiger partial charge < -0.3 is 20.0 Å². The molecular formula is C24H31ClN6O3S. The Labute approximate surface area is 214 Å². The van der Waals surface area contributed by atoms with Gasteiger partial charge in [-0.05, 0) is 32.5 Å². The first-order chi connectivity index (χ1) is 16.4. The van der Waals surface area contributed by atoms with Gasteiger partial charge in [-0.1, -0.05) is 32.4 Å². The van der Waals surface area contributed by atoms with Crippen molar-refractivity contribution in [3.8, 4) is 0 Å². The molecule has 0 aliphatic carbocycles. The van der Waals surface area contributed by atoms with Crippen molar-refractivity contribution in [3.63, 3.8) is 0 Å². The monoisotopic (exact) mass is 518 g/mol. The number of fused-ring (bicyclic) bond motifs is 3. The highest BCUT2D eigenvalue weighted by Crippen LogP contribution is 2.53. The number of hydrogen-bond acceptors (Lipinski definition) is 6. The lowest BCUT2D eigenvalue weighted by molar-refractivity contribution is -0.147. The molecule has 4 amide bonds. The molecule has 4 heterocycles. The molecule has 2 aromatic heterocycles. The molecule has 0 aromatic carbocycles. The van der Waals surface area contributed by atoms with Crippen molar-refractivity contribution >= 4 is 51.5 Å². The third-order valence-electron chi connectivity index (χ3n) is 6.44. The second-order valence-electron chi connectivity index (χ2n) is 10.3. The second-order valence-corrected chi connectivity index (χ2v) is 11.7. The third kappa shape index (κ3) is 4.39. The maximum Gasteiger partial charge on any atom is 0.324 e. The van der Waals surface area contributed by atoms with E-state index in [1.165, 1.54) is 23.7 Å². The van der Waals surface area contributed by atoms with Crippen LogP contribution in [0, 0.1) is 0 Å². The van der Waals surface area contributed by atoms with E-state index in [2.05, 4.69) is 15.6 Å². The van der Waals surface area contributed by atoms with E-state index in [0.717, 1.165) is 11.4 Å². The minimum Gasteiger partial charge on any atom is -0.337 e. The Morgan fingerprint density at radius 1 is 1.26 bits per heavy atom. The molecule has 2 aromatic rings. The maximum atomic E-state index is 13.8. The van der Waals surface area contributed by atoms with E-state index in [0.29, 0.717) is 46.5 Å². The predicted octanol–water partition coefficient (Wildman–Crippen LogP) is 3.81. The van der Waals surface area contributed by atoms with Crippen molar-refractivity contribution in [2.75, 3.05) is 50.9 Å². The molecule has 1 saturated heterocycles. The first-order valence-electron chi connectivity index (χ1n) is 11.5. The van der Waals surface area contributed by atoms with Crippen LogP contribution in [0.15, 0.2) is 18.5 Å². The van der Waals surface area contributed by atoms with E-state index in [4.69, 9.17) is 11.6 Å². The van der Waals surface area contributed by atoms with Crippen LogP contribution in [0.25, 0.3) is 0 Å². The predicted molar refractivity (Wildman–Crippen MR) is 138 cm³/mol. The van der Waals surface area contributed by atoms with Gasteiger partial charge in [0.1, 0.15) is 10.5 Å². The normalized spacial score (nSPS) is 19.8. The molecule has 188 valence electrons. The van der Waals surface area contributed by atoms with Gasteiger partial charge in [0.15, 0.2) is 0 Å². The molecule has 2 aliphatic heterocycles. The fourth-order valence-electron chi connectivity index (χ4n) is 4.63. The van der Waals surface area contributed by atoms with Crippen LogP contribution in [0.5, 0.6) is 0 Å². The van der Waals surface area contributed by atoms with Crippen LogP contribution >= 0.6 is 22.9 Å². The Morgan fingerprint density at radius 3 is 2.60 bits per heavy atom. The lowest BCUT2D eigenvalue weighted by Gasteiger charge is -2.45. The minimum atomic E-state index is -1.11. The summed E-state index contributed by atoms with van der Waals surface area (Å²) in [5, 5.41) is 6.29. The standard InChI is InChI=1S/C24H31ClN6O3S/c1-23(2,3)18-17-16(19(35-18)28-22(34)27-15-7-8-26-13-14(15)25)20(32)31-12-11-30(10-9-29(5)6)21(33)24(17,31)4/h7-8,13H,9-12H2,1-6H3,(H2,26,27,28,34). The van der Waals surface area contributed by atoms with Crippen molar-refractivity contribution < 1.29 is 14.4 Å². The zero-order valence-corrected chi connectivity index (χ0v) is 22.4. The molecule has 0 spiro atoms. The number of aromatic nitrogens is 1. The Kier molecular flexibility index (Phi) is 6.58. The molecule has 9 nitrogen and oxygen atoms in total. The van der Waals surface area contributed by atoms with E-state index >= 15 is 0 Å². The Hall–Kier alpha value is -2.69. The highest BCUT2D eigenvalue weighted by Gasteiger charge is 2.59. The number of nitrogens with one attached hydrogen (secondary N) is 2. The van der Waals surface area contributed by atoms with Gasteiger partial charge in [-0.15, -0.1) is 11.3 Å². The molecule has 0 radical (unpaired) electrons. The highest BCUT2D eigenvalue weighted by molar-refractivity contribution is 7.17. The summed E-state index contributed by atoms with van der Waals surface area (Å²) in [6.07, 6.45) is 2.96. The largest absolute Gasteiger partial charge is 0.337 e. The minimum absolute atomic E-state index is 0.0828. The number of urea groups is 1. The zero-order valence-electron chi connectivity index (χ0n) is 20.9. The SMILES string of the molecule is CN(C)CCN1CCN2C(=O)c3c(NC(=O)Nc4ccncc4Cl)sc(C(C)(C)C)c3C2(C)C1=O. The number of carbonyl (C=O) groups excluding carboxylic acids is 3. The zero-order chi connectivity index (χ0) is 25.7. The van der Waals surface area contributed by atoms with Crippen molar-refractivity contribution in [2.24, 2.45) is 0 Å². The molecule has 2 N–H and O–H groups in total. The number of nitrogens with zero attached hydrogens (tertiary/aromatic N) is 4. The Balaban J connectivity index is 1.73. The number of carbonyl (C=O) groups is 3. The van der Waals surface area contributed by atoms with Gasteiger partial charge in [0.05, 0.1) is 16.3 Å². The fraction of sp³-hybridized carbons (Fsp3) is 0.500. The third-order valence-corrected chi connectivity index (χ3v) is 8.27. The summed E-state index contributed by atoms with van der Waals surface area (Å²) in [5.41, 5.74) is 0.0650. The van der Waals surface area contributed by atoms with Crippen LogP contribution in [0.3, 0.4) is 0 Å². The second kappa shape index (κ2) is 9.07. The molecule has 35 heavy (non-hydrogen) atoms. The maximum absolute atomic E-state index is 13.8. The topological polar surface area (TPSA) is 97.9 Å². The highest BCUT2D eigenvalue weighted by atomic mass is 35.5. The quantitative estimate of drug-likeness (QED) is 0.627. The number of likely N-dealkylation sites (N-methyl/N-ethyl adjacent to an activating group) is 1. The molecule has 1 atom stereocenters. The molecule has 0 saturated carbocycles. The van der Waals surface area contributed by atoms with Crippen LogP contribution in [0.1, 0.15) is 48.5 Å². The number of piperazine rings is 1. The lowest BCUT2D eigenvalue weighted by atomic mass is 9.82. The molecule has 2 aliphatic rings. The van der Waals surface area contributed by atoms with Gasteiger partial charge in [-0.2, -0.15) is 0 Å². The van der Waals surface area contributed by atoms with Crippen molar-refractivity contribution in [2.45, 2.75) is 38.6 Å². The van der Waals surface area contributed by atoms with Crippen molar-refractivity contribution in [3.05, 3.63) is 39.5 Å². The van der Waals surface area contributed by atoms with Gasteiger partial charge >= 0.3 is 6.03 Å². The number of rotatable bonds is 5. The van der Waals surface area contributed by atoms with Crippen molar-refractivity contribution in [1.29, 1.82) is 0 Å². The van der Waals surface area contributed by atoms with E-state index in [1.54, 1.807) is 11.0 Å². The van der Waals surface area contributed by atoms with Gasteiger partial charge in [-0.25, -0.2) is 4.79 Å². The number of halogens is 1. The molecule has 11 heteroatoms. The molecule has 0 bridgehead atoms. The van der Waals surface area contributed by atoms with Crippen LogP contribution in [0.2, 0.25) is 5.02 Å². The number of amides is 4.